The fraction of sp³-hybridized carbons (Fsp3) is 0.452. The van der Waals surface area contributed by atoms with Gasteiger partial charge in [-0.15, -0.1) is 10.2 Å². The van der Waals surface area contributed by atoms with Crippen LogP contribution in [-0.2, 0) is 23.1 Å². The highest BCUT2D eigenvalue weighted by atomic mass is 16.2. The van der Waals surface area contributed by atoms with Crippen molar-refractivity contribution in [3.63, 3.8) is 0 Å². The standard InChI is InChI=1S/C31H37N9O3/c1-30(2,3)25(35-17-26(41)40-12-4-5-22(40)16-32)15-31(29-36-38-39-37-29)23-10-8-20(27(33)42)13-18(23)6-7-19-14-21(28(34)43)9-11-24(19)31/h8-11,13-14,22,25,35H,4-7,12,15,17H2,1-3H3,(H2,33,42)(H2,34,43)(H,36,37,38,39)/t22-,25+/m0/s1. The fourth-order valence-corrected chi connectivity index (χ4v) is 6.55. The van der Waals surface area contributed by atoms with Crippen molar-refractivity contribution in [1.82, 2.24) is 30.8 Å². The molecular formula is C31H37N9O3. The average Bonchev–Trinajstić information content (AvgIpc) is 3.66. The van der Waals surface area contributed by atoms with E-state index in [1.54, 1.807) is 17.0 Å². The van der Waals surface area contributed by atoms with Crippen LogP contribution in [0.5, 0.6) is 0 Å². The molecular weight excluding hydrogens is 546 g/mol. The smallest absolute Gasteiger partial charge is 0.248 e. The zero-order chi connectivity index (χ0) is 30.9. The molecule has 12 heteroatoms. The van der Waals surface area contributed by atoms with Crippen LogP contribution in [0, 0.1) is 16.7 Å². The van der Waals surface area contributed by atoms with E-state index in [0.717, 1.165) is 28.7 Å². The highest BCUT2D eigenvalue weighted by Crippen LogP contribution is 2.48. The Hall–Kier alpha value is -4.63. The minimum atomic E-state index is -0.989. The molecule has 2 aliphatic rings. The number of nitrogens with two attached hydrogens (primary N) is 2. The highest BCUT2D eigenvalue weighted by molar-refractivity contribution is 5.94. The summed E-state index contributed by atoms with van der Waals surface area (Å²) in [4.78, 5) is 39.3. The van der Waals surface area contributed by atoms with Crippen LogP contribution in [0.3, 0.4) is 0 Å². The molecule has 6 N–H and O–H groups in total. The number of tetrazole rings is 1. The number of aryl methyl sites for hydroxylation is 2. The number of H-pyrrole nitrogens is 1. The van der Waals surface area contributed by atoms with E-state index in [4.69, 9.17) is 11.5 Å². The minimum absolute atomic E-state index is 0.0589. The predicted molar refractivity (Wildman–Crippen MR) is 158 cm³/mol. The number of hydrogen-bond donors (Lipinski definition) is 4. The number of fused-ring (bicyclic) bond motifs is 2. The number of benzene rings is 2. The third-order valence-electron chi connectivity index (χ3n) is 8.87. The quantitative estimate of drug-likeness (QED) is 0.307. The van der Waals surface area contributed by atoms with Crippen LogP contribution >= 0.6 is 0 Å². The SMILES string of the molecule is CC(C)(C)[C@@H](CC1(c2nn[nH]n2)c2ccc(C(N)=O)cc2CCc2cc(C(N)=O)ccc21)NCC(=O)N1CCC[C@H]1C#N. The molecule has 0 saturated carbocycles. The topological polar surface area (TPSA) is 197 Å². The number of nitriles is 1. The summed E-state index contributed by atoms with van der Waals surface area (Å²) < 4.78 is 0. The summed E-state index contributed by atoms with van der Waals surface area (Å²) in [6, 6.07) is 12.4. The maximum absolute atomic E-state index is 13.3. The summed E-state index contributed by atoms with van der Waals surface area (Å²) in [6.45, 7) is 6.91. The first-order chi connectivity index (χ1) is 20.5. The van der Waals surface area contributed by atoms with Crippen molar-refractivity contribution in [2.75, 3.05) is 13.1 Å². The lowest BCUT2D eigenvalue weighted by Crippen LogP contribution is -2.51. The van der Waals surface area contributed by atoms with Gasteiger partial charge in [0.1, 0.15) is 6.04 Å². The van der Waals surface area contributed by atoms with Crippen molar-refractivity contribution in [3.05, 3.63) is 75.6 Å². The van der Waals surface area contributed by atoms with Crippen molar-refractivity contribution < 1.29 is 14.4 Å². The van der Waals surface area contributed by atoms with Gasteiger partial charge in [0.15, 0.2) is 5.82 Å². The first kappa shape index (κ1) is 29.8. The van der Waals surface area contributed by atoms with Gasteiger partial charge in [-0.05, 0) is 84.0 Å². The van der Waals surface area contributed by atoms with Gasteiger partial charge in [0.25, 0.3) is 0 Å². The summed E-state index contributed by atoms with van der Waals surface area (Å²) in [6.07, 6.45) is 3.04. The van der Waals surface area contributed by atoms with Crippen molar-refractivity contribution >= 4 is 17.7 Å². The van der Waals surface area contributed by atoms with Crippen LogP contribution in [0.1, 0.15) is 88.8 Å². The molecule has 2 atom stereocenters. The lowest BCUT2D eigenvalue weighted by Gasteiger charge is -2.41. The average molecular weight is 584 g/mol. The van der Waals surface area contributed by atoms with Gasteiger partial charge in [-0.1, -0.05) is 38.1 Å². The number of primary amides is 2. The Kier molecular flexibility index (Phi) is 8.03. The van der Waals surface area contributed by atoms with E-state index in [9.17, 15) is 19.6 Å². The number of rotatable bonds is 8. The summed E-state index contributed by atoms with van der Waals surface area (Å²) in [5.41, 5.74) is 14.3. The molecule has 1 aliphatic carbocycles. The lowest BCUT2D eigenvalue weighted by molar-refractivity contribution is -0.130. The molecule has 2 heterocycles. The Morgan fingerprint density at radius 1 is 1.09 bits per heavy atom. The second-order valence-corrected chi connectivity index (χ2v) is 12.5. The number of carbonyl (C=O) groups is 3. The molecule has 0 spiro atoms. The fourth-order valence-electron chi connectivity index (χ4n) is 6.55. The predicted octanol–water partition coefficient (Wildman–Crippen LogP) is 1.74. The van der Waals surface area contributed by atoms with E-state index in [1.807, 2.05) is 24.3 Å². The van der Waals surface area contributed by atoms with Crippen LogP contribution in [0.2, 0.25) is 0 Å². The van der Waals surface area contributed by atoms with E-state index in [2.05, 4.69) is 52.8 Å². The van der Waals surface area contributed by atoms with Crippen molar-refractivity contribution in [2.45, 2.75) is 70.4 Å². The van der Waals surface area contributed by atoms with Crippen molar-refractivity contribution in [1.29, 1.82) is 5.26 Å². The zero-order valence-corrected chi connectivity index (χ0v) is 24.7. The maximum atomic E-state index is 13.3. The molecule has 224 valence electrons. The Balaban J connectivity index is 1.66. The molecule has 43 heavy (non-hydrogen) atoms. The van der Waals surface area contributed by atoms with Crippen LogP contribution in [0.25, 0.3) is 0 Å². The van der Waals surface area contributed by atoms with Gasteiger partial charge in [0.2, 0.25) is 17.7 Å². The third kappa shape index (κ3) is 5.60. The van der Waals surface area contributed by atoms with E-state index in [1.165, 1.54) is 0 Å². The van der Waals surface area contributed by atoms with E-state index < -0.39 is 23.3 Å². The van der Waals surface area contributed by atoms with E-state index in [-0.39, 0.29) is 23.9 Å². The van der Waals surface area contributed by atoms with Gasteiger partial charge in [-0.2, -0.15) is 10.5 Å². The third-order valence-corrected chi connectivity index (χ3v) is 8.87. The molecule has 0 radical (unpaired) electrons. The zero-order valence-electron chi connectivity index (χ0n) is 24.7. The van der Waals surface area contributed by atoms with Gasteiger partial charge >= 0.3 is 0 Å². The molecule has 1 fully saturated rings. The van der Waals surface area contributed by atoms with Gasteiger partial charge in [0.05, 0.1) is 18.0 Å². The molecule has 1 saturated heterocycles. The number of aromatic amines is 1. The first-order valence-corrected chi connectivity index (χ1v) is 14.5. The monoisotopic (exact) mass is 583 g/mol. The Bertz CT molecular complexity index is 1520. The molecule has 12 nitrogen and oxygen atoms in total. The number of aromatic nitrogens is 4. The largest absolute Gasteiger partial charge is 0.366 e. The summed E-state index contributed by atoms with van der Waals surface area (Å²) in [5.74, 6) is -0.764. The Labute approximate surface area is 250 Å². The van der Waals surface area contributed by atoms with Crippen molar-refractivity contribution in [3.8, 4) is 6.07 Å². The number of likely N-dealkylation sites (tertiary alicyclic amines) is 1. The number of amides is 3. The Morgan fingerprint density at radius 2 is 1.70 bits per heavy atom. The van der Waals surface area contributed by atoms with E-state index in [0.29, 0.717) is 49.2 Å². The van der Waals surface area contributed by atoms with Crippen LogP contribution in [0.15, 0.2) is 36.4 Å². The van der Waals surface area contributed by atoms with Crippen LogP contribution in [-0.4, -0.2) is 68.4 Å². The second-order valence-electron chi connectivity index (χ2n) is 12.5. The maximum Gasteiger partial charge on any atom is 0.248 e. The van der Waals surface area contributed by atoms with E-state index >= 15 is 0 Å². The van der Waals surface area contributed by atoms with Gasteiger partial charge in [-0.25, -0.2) is 0 Å². The molecule has 3 amide bonds. The van der Waals surface area contributed by atoms with Gasteiger partial charge < -0.3 is 21.7 Å². The molecule has 0 unspecified atom stereocenters. The van der Waals surface area contributed by atoms with Gasteiger partial charge in [0, 0.05) is 23.7 Å². The van der Waals surface area contributed by atoms with Crippen molar-refractivity contribution in [2.24, 2.45) is 16.9 Å². The molecule has 5 rings (SSSR count). The minimum Gasteiger partial charge on any atom is -0.366 e. The molecule has 2 aromatic carbocycles. The summed E-state index contributed by atoms with van der Waals surface area (Å²) >= 11 is 0. The summed E-state index contributed by atoms with van der Waals surface area (Å²) in [7, 11) is 0. The number of nitrogens with one attached hydrogen (secondary N) is 2. The summed E-state index contributed by atoms with van der Waals surface area (Å²) in [5, 5.41) is 28.6. The highest BCUT2D eigenvalue weighted by Gasteiger charge is 2.48. The van der Waals surface area contributed by atoms with Crippen LogP contribution in [0.4, 0.5) is 0 Å². The number of carbonyl (C=O) groups excluding carboxylic acids is 3. The normalized spacial score (nSPS) is 18.2. The molecule has 3 aromatic rings. The number of nitrogens with zero attached hydrogens (tertiary/aromatic N) is 5. The Morgan fingerprint density at radius 3 is 2.19 bits per heavy atom. The lowest BCUT2D eigenvalue weighted by atomic mass is 9.65. The van der Waals surface area contributed by atoms with Gasteiger partial charge in [-0.3, -0.25) is 14.4 Å². The van der Waals surface area contributed by atoms with Crippen LogP contribution < -0.4 is 16.8 Å². The second kappa shape index (κ2) is 11.6. The first-order valence-electron chi connectivity index (χ1n) is 14.5. The molecule has 1 aromatic heterocycles. The molecule has 1 aliphatic heterocycles. The number of hydrogen-bond acceptors (Lipinski definition) is 8. The molecule has 0 bridgehead atoms.